The van der Waals surface area contributed by atoms with E-state index in [0.29, 0.717) is 17.9 Å². The maximum atomic E-state index is 12.4. The molecule has 0 saturated heterocycles. The Morgan fingerprint density at radius 3 is 2.32 bits per heavy atom. The normalized spacial score (nSPS) is 12.9. The fourth-order valence-corrected chi connectivity index (χ4v) is 3.13. The molecule has 0 heterocycles. The smallest absolute Gasteiger partial charge is 0.412 e. The van der Waals surface area contributed by atoms with Crippen molar-refractivity contribution in [3.63, 3.8) is 0 Å². The monoisotopic (exact) mass is 405 g/mol. The van der Waals surface area contributed by atoms with Crippen LogP contribution in [0.15, 0.2) is 53.4 Å². The van der Waals surface area contributed by atoms with Gasteiger partial charge in [-0.3, -0.25) is 5.32 Å². The summed E-state index contributed by atoms with van der Waals surface area (Å²) >= 11 is 1.63. The summed E-state index contributed by atoms with van der Waals surface area (Å²) in [5.74, 6) is 0.559. The highest BCUT2D eigenvalue weighted by Crippen LogP contribution is 2.30. The zero-order valence-electron chi connectivity index (χ0n) is 16.1. The number of hydrogen-bond acceptors (Lipinski definition) is 6. The van der Waals surface area contributed by atoms with Gasteiger partial charge in [0, 0.05) is 17.2 Å². The van der Waals surface area contributed by atoms with E-state index in [1.54, 1.807) is 23.9 Å². The second kappa shape index (κ2) is 11.6. The Labute approximate surface area is 169 Å². The van der Waals surface area contributed by atoms with Gasteiger partial charge in [-0.05, 0) is 60.6 Å². The number of carbonyl (C=O) groups is 1. The molecule has 152 valence electrons. The van der Waals surface area contributed by atoms with Crippen LogP contribution in [0.1, 0.15) is 25.0 Å². The lowest BCUT2D eigenvalue weighted by atomic mass is 9.94. The number of ether oxygens (including phenoxy) is 2. The van der Waals surface area contributed by atoms with Gasteiger partial charge in [0.15, 0.2) is 0 Å². The van der Waals surface area contributed by atoms with Crippen molar-refractivity contribution in [2.75, 3.05) is 31.4 Å². The van der Waals surface area contributed by atoms with Crippen LogP contribution in [-0.4, -0.2) is 42.4 Å². The highest BCUT2D eigenvalue weighted by atomic mass is 32.2. The topological polar surface area (TPSA) is 88.0 Å². The number of carbonyl (C=O) groups excluding carboxylic acids is 1. The van der Waals surface area contributed by atoms with E-state index in [2.05, 4.69) is 5.32 Å². The number of aliphatic hydroxyl groups is 2. The molecule has 0 radical (unpaired) electrons. The lowest BCUT2D eigenvalue weighted by Crippen LogP contribution is -2.22. The van der Waals surface area contributed by atoms with E-state index in [9.17, 15) is 9.90 Å². The van der Waals surface area contributed by atoms with Crippen molar-refractivity contribution in [3.05, 3.63) is 54.1 Å². The third-order valence-corrected chi connectivity index (χ3v) is 4.98. The van der Waals surface area contributed by atoms with Crippen molar-refractivity contribution < 1.29 is 24.5 Å². The summed E-state index contributed by atoms with van der Waals surface area (Å²) in [6, 6.07) is 14.7. The van der Waals surface area contributed by atoms with Gasteiger partial charge in [0.2, 0.25) is 0 Å². The Kier molecular flexibility index (Phi) is 9.13. The van der Waals surface area contributed by atoms with Crippen LogP contribution in [0.3, 0.4) is 0 Å². The molecule has 0 fully saturated rings. The largest absolute Gasteiger partial charge is 0.491 e. The minimum absolute atomic E-state index is 0.0104. The molecule has 0 spiro atoms. The predicted molar refractivity (Wildman–Crippen MR) is 111 cm³/mol. The molecule has 1 amide bonds. The third-order valence-electron chi connectivity index (χ3n) is 4.24. The van der Waals surface area contributed by atoms with Gasteiger partial charge in [-0.1, -0.05) is 19.1 Å². The Balaban J connectivity index is 2.07. The van der Waals surface area contributed by atoms with Gasteiger partial charge in [0.25, 0.3) is 0 Å². The quantitative estimate of drug-likeness (QED) is 0.516. The first kappa shape index (κ1) is 22.1. The molecule has 0 saturated carbocycles. The molecule has 0 unspecified atom stereocenters. The van der Waals surface area contributed by atoms with Gasteiger partial charge in [-0.2, -0.15) is 0 Å². The summed E-state index contributed by atoms with van der Waals surface area (Å²) in [7, 11) is 0. The van der Waals surface area contributed by atoms with E-state index in [4.69, 9.17) is 14.6 Å². The number of rotatable bonds is 10. The van der Waals surface area contributed by atoms with Crippen molar-refractivity contribution >= 4 is 23.5 Å². The second-order valence-electron chi connectivity index (χ2n) is 6.31. The van der Waals surface area contributed by atoms with Crippen molar-refractivity contribution in [1.82, 2.24) is 0 Å². The number of hydrogen-bond donors (Lipinski definition) is 3. The lowest BCUT2D eigenvalue weighted by molar-refractivity contribution is 0.0667. The first-order valence-electron chi connectivity index (χ1n) is 9.13. The fourth-order valence-electron chi connectivity index (χ4n) is 2.72. The number of anilines is 1. The molecule has 0 aliphatic heterocycles. The summed E-state index contributed by atoms with van der Waals surface area (Å²) in [6.07, 6.45) is 1.43. The minimum Gasteiger partial charge on any atom is -0.491 e. The molecule has 0 aliphatic carbocycles. The molecule has 0 aliphatic rings. The molecule has 2 atom stereocenters. The third kappa shape index (κ3) is 6.74. The molecule has 2 rings (SSSR count). The van der Waals surface area contributed by atoms with E-state index in [-0.39, 0.29) is 25.7 Å². The Morgan fingerprint density at radius 2 is 1.75 bits per heavy atom. The Hall–Kier alpha value is -2.22. The van der Waals surface area contributed by atoms with E-state index in [1.807, 2.05) is 49.6 Å². The van der Waals surface area contributed by atoms with Crippen LogP contribution in [0.2, 0.25) is 0 Å². The molecule has 0 bridgehead atoms. The highest BCUT2D eigenvalue weighted by molar-refractivity contribution is 7.98. The van der Waals surface area contributed by atoms with E-state index < -0.39 is 12.2 Å². The standard InChI is InChI=1S/C21H27NO5S/c1-15(11-12-23)20(16-3-7-18(8-4-16)26-14-13-24)27-21(25)22-17-5-9-19(28-2)10-6-17/h3-10,15,20,23-24H,11-14H2,1-2H3,(H,22,25)/t15-,20+/m0/s1. The van der Waals surface area contributed by atoms with Crippen LogP contribution in [0, 0.1) is 5.92 Å². The van der Waals surface area contributed by atoms with E-state index >= 15 is 0 Å². The van der Waals surface area contributed by atoms with Crippen LogP contribution in [0.25, 0.3) is 0 Å². The summed E-state index contributed by atoms with van der Waals surface area (Å²) in [4.78, 5) is 13.5. The number of nitrogens with one attached hydrogen (secondary N) is 1. The minimum atomic E-state index is -0.549. The molecule has 2 aromatic carbocycles. The van der Waals surface area contributed by atoms with Crippen LogP contribution in [0.5, 0.6) is 5.75 Å². The SMILES string of the molecule is CSc1ccc(NC(=O)O[C@@H](c2ccc(OCCO)cc2)[C@@H](C)CCO)cc1. The van der Waals surface area contributed by atoms with Crippen molar-refractivity contribution in [3.8, 4) is 5.75 Å². The van der Waals surface area contributed by atoms with Gasteiger partial charge in [-0.15, -0.1) is 11.8 Å². The number of benzene rings is 2. The van der Waals surface area contributed by atoms with Gasteiger partial charge >= 0.3 is 6.09 Å². The van der Waals surface area contributed by atoms with Crippen LogP contribution < -0.4 is 10.1 Å². The molecule has 6 nitrogen and oxygen atoms in total. The number of thioether (sulfide) groups is 1. The Morgan fingerprint density at radius 1 is 1.07 bits per heavy atom. The molecule has 0 aromatic heterocycles. The molecule has 7 heteroatoms. The summed E-state index contributed by atoms with van der Waals surface area (Å²) in [5.41, 5.74) is 1.47. The molecular formula is C21H27NO5S. The summed E-state index contributed by atoms with van der Waals surface area (Å²) in [6.45, 7) is 2.10. The maximum Gasteiger partial charge on any atom is 0.412 e. The van der Waals surface area contributed by atoms with Gasteiger partial charge < -0.3 is 19.7 Å². The number of aliphatic hydroxyl groups excluding tert-OH is 2. The second-order valence-corrected chi connectivity index (χ2v) is 7.19. The van der Waals surface area contributed by atoms with Gasteiger partial charge in [0.05, 0.1) is 6.61 Å². The molecule has 3 N–H and O–H groups in total. The van der Waals surface area contributed by atoms with Crippen LogP contribution >= 0.6 is 11.8 Å². The van der Waals surface area contributed by atoms with Gasteiger partial charge in [-0.25, -0.2) is 4.79 Å². The Bertz CT molecular complexity index is 721. The number of amides is 1. The lowest BCUT2D eigenvalue weighted by Gasteiger charge is -2.24. The van der Waals surface area contributed by atoms with Gasteiger partial charge in [0.1, 0.15) is 18.5 Å². The zero-order valence-corrected chi connectivity index (χ0v) is 16.9. The first-order valence-corrected chi connectivity index (χ1v) is 10.4. The average molecular weight is 406 g/mol. The van der Waals surface area contributed by atoms with Crippen molar-refractivity contribution in [2.24, 2.45) is 5.92 Å². The van der Waals surface area contributed by atoms with Crippen LogP contribution in [-0.2, 0) is 4.74 Å². The molecule has 28 heavy (non-hydrogen) atoms. The van der Waals surface area contributed by atoms with Crippen LogP contribution in [0.4, 0.5) is 10.5 Å². The van der Waals surface area contributed by atoms with E-state index in [1.165, 1.54) is 0 Å². The molecule has 2 aromatic rings. The summed E-state index contributed by atoms with van der Waals surface area (Å²) < 4.78 is 11.1. The molecular weight excluding hydrogens is 378 g/mol. The van der Waals surface area contributed by atoms with Crippen molar-refractivity contribution in [1.29, 1.82) is 0 Å². The zero-order chi connectivity index (χ0) is 20.4. The summed E-state index contributed by atoms with van der Waals surface area (Å²) in [5, 5.41) is 20.9. The average Bonchev–Trinajstić information content (AvgIpc) is 2.71. The van der Waals surface area contributed by atoms with E-state index in [0.717, 1.165) is 10.5 Å². The fraction of sp³-hybridized carbons (Fsp3) is 0.381. The van der Waals surface area contributed by atoms with Crippen molar-refractivity contribution in [2.45, 2.75) is 24.3 Å². The maximum absolute atomic E-state index is 12.4. The highest BCUT2D eigenvalue weighted by Gasteiger charge is 2.23. The first-order chi connectivity index (χ1) is 13.6. The predicted octanol–water partition coefficient (Wildman–Crippen LogP) is 4.09.